The third-order valence-corrected chi connectivity index (χ3v) is 10.7. The van der Waals surface area contributed by atoms with Crippen LogP contribution in [0.3, 0.4) is 0 Å². The molecule has 0 radical (unpaired) electrons. The fourth-order valence-electron chi connectivity index (χ4n) is 7.14. The molecule has 0 saturated heterocycles. The van der Waals surface area contributed by atoms with Gasteiger partial charge in [-0.1, -0.05) is 48.7 Å². The van der Waals surface area contributed by atoms with Crippen LogP contribution in [-0.2, 0) is 42.1 Å². The number of carbonyl (C=O) groups is 4. The molecule has 3 N–H and O–H groups in total. The molecule has 4 atom stereocenters. The number of sulfonamides is 1. The molecule has 0 spiro atoms. The molecule has 14 heteroatoms. The van der Waals surface area contributed by atoms with Crippen molar-refractivity contribution in [3.63, 3.8) is 0 Å². The Bertz CT molecular complexity index is 1780. The zero-order chi connectivity index (χ0) is 35.5. The predicted octanol–water partition coefficient (Wildman–Crippen LogP) is 4.89. The highest BCUT2D eigenvalue weighted by Gasteiger charge is 2.61. The van der Waals surface area contributed by atoms with E-state index in [0.29, 0.717) is 35.8 Å². The molecule has 2 fully saturated rings. The zero-order valence-electron chi connectivity index (χ0n) is 28.0. The number of alkyl carbamates (subject to hydrolysis) is 1. The smallest absolute Gasteiger partial charge is 0.408 e. The van der Waals surface area contributed by atoms with Crippen LogP contribution >= 0.6 is 11.6 Å². The van der Waals surface area contributed by atoms with Gasteiger partial charge in [-0.05, 0) is 92.8 Å². The van der Waals surface area contributed by atoms with Gasteiger partial charge in [0, 0.05) is 23.9 Å². The average Bonchev–Trinajstić information content (AvgIpc) is 3.50. The van der Waals surface area contributed by atoms with Gasteiger partial charge in [0.25, 0.3) is 5.91 Å². The first-order valence-corrected chi connectivity index (χ1v) is 19.5. The van der Waals surface area contributed by atoms with Crippen LogP contribution in [0.1, 0.15) is 75.3 Å². The standard InChI is InChI=1S/C36H43ClN4O8S/c1-50(46,47)40-34(44)36-21-25(36)10-5-3-2-4-6-15-30(38-35(45)49-27-12-7-8-13-27)33(43)41-22-23-16-17-29(48-28-14-9-11-26(37)20-28)18-24(23)19-31(41)32(42)39-36/h5,9-11,14,16-18,20,25,27,30-31H,2-4,6-8,12-13,15,19,21-22H2,1H3,(H,38,45)(H,39,42)(H,40,44)/b10-5-/t25-,30-,31?,36+/m0/s1. The molecule has 268 valence electrons. The molecule has 2 aliphatic carbocycles. The average molecular weight is 727 g/mol. The quantitative estimate of drug-likeness (QED) is 0.355. The van der Waals surface area contributed by atoms with E-state index in [1.165, 1.54) is 4.90 Å². The number of fused-ring (bicyclic) bond motifs is 3. The minimum atomic E-state index is -3.91. The summed E-state index contributed by atoms with van der Waals surface area (Å²) < 4.78 is 37.9. The Labute approximate surface area is 297 Å². The molecular formula is C36H43ClN4O8S. The number of allylic oxidation sites excluding steroid dienone is 1. The number of hydrogen-bond acceptors (Lipinski definition) is 8. The molecule has 2 aromatic rings. The first kappa shape index (κ1) is 35.7. The van der Waals surface area contributed by atoms with Crippen molar-refractivity contribution in [3.05, 3.63) is 70.8 Å². The molecule has 50 heavy (non-hydrogen) atoms. The summed E-state index contributed by atoms with van der Waals surface area (Å²) in [7, 11) is -3.91. The highest BCUT2D eigenvalue weighted by Crippen LogP contribution is 2.45. The van der Waals surface area contributed by atoms with E-state index in [0.717, 1.165) is 55.9 Å². The van der Waals surface area contributed by atoms with Crippen LogP contribution < -0.4 is 20.1 Å². The number of rotatable bonds is 6. The van der Waals surface area contributed by atoms with Crippen molar-refractivity contribution in [2.24, 2.45) is 5.92 Å². The normalized spacial score (nSPS) is 26.5. The highest BCUT2D eigenvalue weighted by atomic mass is 35.5. The lowest BCUT2D eigenvalue weighted by Gasteiger charge is -2.39. The van der Waals surface area contributed by atoms with Gasteiger partial charge in [0.15, 0.2) is 0 Å². The number of benzene rings is 2. The van der Waals surface area contributed by atoms with E-state index in [1.54, 1.807) is 30.3 Å². The second-order valence-electron chi connectivity index (χ2n) is 13.7. The largest absolute Gasteiger partial charge is 0.457 e. The van der Waals surface area contributed by atoms with Gasteiger partial charge in [-0.2, -0.15) is 0 Å². The number of nitrogens with zero attached hydrogens (tertiary/aromatic N) is 1. The number of halogens is 1. The Balaban J connectivity index is 1.32. The van der Waals surface area contributed by atoms with Crippen LogP contribution in [0, 0.1) is 5.92 Å². The Hall–Kier alpha value is -4.10. The van der Waals surface area contributed by atoms with Crippen molar-refractivity contribution in [1.29, 1.82) is 0 Å². The Morgan fingerprint density at radius 1 is 0.980 bits per heavy atom. The molecule has 2 aliphatic heterocycles. The van der Waals surface area contributed by atoms with Gasteiger partial charge in [-0.3, -0.25) is 19.1 Å². The van der Waals surface area contributed by atoms with E-state index in [9.17, 15) is 27.6 Å². The van der Waals surface area contributed by atoms with Crippen molar-refractivity contribution >= 4 is 45.4 Å². The van der Waals surface area contributed by atoms with Crippen LogP contribution in [0.2, 0.25) is 5.02 Å². The molecule has 4 amide bonds. The fraction of sp³-hybridized carbons (Fsp3) is 0.500. The second-order valence-corrected chi connectivity index (χ2v) is 15.9. The van der Waals surface area contributed by atoms with E-state index in [1.807, 2.05) is 29.0 Å². The summed E-state index contributed by atoms with van der Waals surface area (Å²) in [6, 6.07) is 10.4. The number of hydrogen-bond donors (Lipinski definition) is 3. The first-order valence-electron chi connectivity index (χ1n) is 17.2. The van der Waals surface area contributed by atoms with Crippen molar-refractivity contribution in [3.8, 4) is 11.5 Å². The third kappa shape index (κ3) is 8.60. The van der Waals surface area contributed by atoms with Gasteiger partial charge in [-0.25, -0.2) is 13.2 Å². The van der Waals surface area contributed by atoms with Crippen molar-refractivity contribution < 1.29 is 37.1 Å². The van der Waals surface area contributed by atoms with Crippen LogP contribution in [0.15, 0.2) is 54.6 Å². The lowest BCUT2D eigenvalue weighted by Crippen LogP contribution is -2.61. The first-order chi connectivity index (χ1) is 23.9. The predicted molar refractivity (Wildman–Crippen MR) is 186 cm³/mol. The molecular weight excluding hydrogens is 684 g/mol. The van der Waals surface area contributed by atoms with Crippen molar-refractivity contribution in [1.82, 2.24) is 20.3 Å². The lowest BCUT2D eigenvalue weighted by atomic mass is 9.91. The number of carbonyl (C=O) groups excluding carboxylic acids is 4. The summed E-state index contributed by atoms with van der Waals surface area (Å²) in [6.45, 7) is 0.0609. The van der Waals surface area contributed by atoms with Gasteiger partial charge < -0.3 is 25.0 Å². The molecule has 12 nitrogen and oxygen atoms in total. The van der Waals surface area contributed by atoms with E-state index >= 15 is 0 Å². The van der Waals surface area contributed by atoms with Crippen LogP contribution in [0.5, 0.6) is 11.5 Å². The van der Waals surface area contributed by atoms with Crippen molar-refractivity contribution in [2.75, 3.05) is 6.26 Å². The summed E-state index contributed by atoms with van der Waals surface area (Å²) in [5.41, 5.74) is 0.0630. The summed E-state index contributed by atoms with van der Waals surface area (Å²) in [6.07, 6.45) is 11.0. The minimum Gasteiger partial charge on any atom is -0.457 e. The summed E-state index contributed by atoms with van der Waals surface area (Å²) in [5, 5.41) is 6.18. The van der Waals surface area contributed by atoms with E-state index in [-0.39, 0.29) is 25.5 Å². The van der Waals surface area contributed by atoms with Gasteiger partial charge >= 0.3 is 6.09 Å². The summed E-state index contributed by atoms with van der Waals surface area (Å²) in [5.74, 6) is -1.25. The topological polar surface area (TPSA) is 160 Å². The Morgan fingerprint density at radius 3 is 2.50 bits per heavy atom. The van der Waals surface area contributed by atoms with Crippen molar-refractivity contribution in [2.45, 2.75) is 101 Å². The second kappa shape index (κ2) is 15.0. The molecule has 2 saturated carbocycles. The molecule has 2 aromatic carbocycles. The van der Waals surface area contributed by atoms with E-state index < -0.39 is 57.4 Å². The summed E-state index contributed by atoms with van der Waals surface area (Å²) in [4.78, 5) is 56.6. The molecule has 0 aromatic heterocycles. The maximum absolute atomic E-state index is 14.4. The molecule has 1 unspecified atom stereocenters. The maximum atomic E-state index is 14.4. The Kier molecular flexibility index (Phi) is 10.7. The van der Waals surface area contributed by atoms with Gasteiger partial charge in [0.2, 0.25) is 21.8 Å². The number of ether oxygens (including phenoxy) is 2. The minimum absolute atomic E-state index is 0.0609. The molecule has 4 aliphatic rings. The van der Waals surface area contributed by atoms with Gasteiger partial charge in [0.05, 0.1) is 6.26 Å². The zero-order valence-corrected chi connectivity index (χ0v) is 29.6. The van der Waals surface area contributed by atoms with Crippen LogP contribution in [0.4, 0.5) is 4.79 Å². The van der Waals surface area contributed by atoms with E-state index in [4.69, 9.17) is 21.1 Å². The highest BCUT2D eigenvalue weighted by molar-refractivity contribution is 7.89. The van der Waals surface area contributed by atoms with Gasteiger partial charge in [-0.15, -0.1) is 0 Å². The third-order valence-electron chi connectivity index (χ3n) is 9.87. The van der Waals surface area contributed by atoms with E-state index in [2.05, 4.69) is 10.6 Å². The monoisotopic (exact) mass is 726 g/mol. The lowest BCUT2D eigenvalue weighted by molar-refractivity contribution is -0.144. The SMILES string of the molecule is CS(=O)(=O)NC(=O)[C@@]12C[C@@H]1/C=C\CCCCC[C@H](NC(=O)OC1CCCC1)C(=O)N1Cc3ccc(Oc4cccc(Cl)c4)cc3CC1C(=O)N2. The maximum Gasteiger partial charge on any atom is 0.408 e. The molecule has 2 heterocycles. The number of amides is 4. The Morgan fingerprint density at radius 2 is 1.74 bits per heavy atom. The molecule has 0 bridgehead atoms. The summed E-state index contributed by atoms with van der Waals surface area (Å²) >= 11 is 6.14. The van der Waals surface area contributed by atoms with Crippen LogP contribution in [-0.4, -0.2) is 67.1 Å². The number of nitrogens with one attached hydrogen (secondary N) is 3. The fourth-order valence-corrected chi connectivity index (χ4v) is 7.84. The van der Waals surface area contributed by atoms with Gasteiger partial charge in [0.1, 0.15) is 35.2 Å². The molecule has 6 rings (SSSR count). The van der Waals surface area contributed by atoms with Crippen LogP contribution in [0.25, 0.3) is 0 Å².